The van der Waals surface area contributed by atoms with Crippen LogP contribution in [0.15, 0.2) is 30.5 Å². The molecule has 1 fully saturated rings. The van der Waals surface area contributed by atoms with Gasteiger partial charge in [-0.3, -0.25) is 4.79 Å². The second-order valence-electron chi connectivity index (χ2n) is 7.55. The molecule has 0 spiro atoms. The standard InChI is InChI=1S/C19H25N3O2/c1-19(2,3)21-18(24)22-10-8-13(9-11-22)17(23)15-12-20-16-7-5-4-6-14(15)16/h4-7,12-13,20H,8-11H2,1-3H3,(H,21,24). The monoisotopic (exact) mass is 327 g/mol. The van der Waals surface area contributed by atoms with Crippen molar-refractivity contribution < 1.29 is 9.59 Å². The van der Waals surface area contributed by atoms with Crippen molar-refractivity contribution in [2.45, 2.75) is 39.2 Å². The predicted molar refractivity (Wildman–Crippen MR) is 95.2 cm³/mol. The molecule has 2 heterocycles. The van der Waals surface area contributed by atoms with Crippen LogP contribution in [-0.4, -0.2) is 40.3 Å². The van der Waals surface area contributed by atoms with Gasteiger partial charge in [0.15, 0.2) is 5.78 Å². The van der Waals surface area contributed by atoms with Crippen LogP contribution in [0.3, 0.4) is 0 Å². The van der Waals surface area contributed by atoms with Crippen molar-refractivity contribution in [1.29, 1.82) is 0 Å². The summed E-state index contributed by atoms with van der Waals surface area (Å²) in [4.78, 5) is 30.0. The maximum Gasteiger partial charge on any atom is 0.317 e. The van der Waals surface area contributed by atoms with Crippen LogP contribution in [0.4, 0.5) is 4.79 Å². The van der Waals surface area contributed by atoms with Crippen molar-refractivity contribution in [1.82, 2.24) is 15.2 Å². The number of nitrogens with one attached hydrogen (secondary N) is 2. The number of carbonyl (C=O) groups excluding carboxylic acids is 2. The van der Waals surface area contributed by atoms with Crippen molar-refractivity contribution in [3.8, 4) is 0 Å². The van der Waals surface area contributed by atoms with Crippen LogP contribution in [0.1, 0.15) is 44.0 Å². The average molecular weight is 327 g/mol. The van der Waals surface area contributed by atoms with Crippen LogP contribution >= 0.6 is 0 Å². The highest BCUT2D eigenvalue weighted by Gasteiger charge is 2.30. The summed E-state index contributed by atoms with van der Waals surface area (Å²) in [7, 11) is 0. The van der Waals surface area contributed by atoms with E-state index in [4.69, 9.17) is 0 Å². The van der Waals surface area contributed by atoms with E-state index in [0.29, 0.717) is 13.1 Å². The molecule has 2 amide bonds. The van der Waals surface area contributed by atoms with Crippen LogP contribution < -0.4 is 5.32 Å². The molecule has 2 N–H and O–H groups in total. The number of H-pyrrole nitrogens is 1. The van der Waals surface area contributed by atoms with Crippen molar-refractivity contribution in [2.24, 2.45) is 5.92 Å². The largest absolute Gasteiger partial charge is 0.360 e. The molecule has 1 saturated heterocycles. The van der Waals surface area contributed by atoms with Crippen molar-refractivity contribution in [2.75, 3.05) is 13.1 Å². The predicted octanol–water partition coefficient (Wildman–Crippen LogP) is 3.57. The summed E-state index contributed by atoms with van der Waals surface area (Å²) in [6, 6.07) is 7.82. The molecule has 3 rings (SSSR count). The highest BCUT2D eigenvalue weighted by molar-refractivity contribution is 6.08. The van der Waals surface area contributed by atoms with Gasteiger partial charge >= 0.3 is 6.03 Å². The number of benzene rings is 1. The lowest BCUT2D eigenvalue weighted by Crippen LogP contribution is -2.51. The molecule has 1 aromatic carbocycles. The Morgan fingerprint density at radius 3 is 2.50 bits per heavy atom. The Morgan fingerprint density at radius 1 is 1.17 bits per heavy atom. The Hall–Kier alpha value is -2.30. The van der Waals surface area contributed by atoms with E-state index in [1.807, 2.05) is 56.1 Å². The fourth-order valence-corrected chi connectivity index (χ4v) is 3.24. The van der Waals surface area contributed by atoms with Gasteiger partial charge in [0.05, 0.1) is 0 Å². The number of piperidine rings is 1. The minimum Gasteiger partial charge on any atom is -0.360 e. The minimum atomic E-state index is -0.242. The molecule has 0 atom stereocenters. The van der Waals surface area contributed by atoms with E-state index in [9.17, 15) is 9.59 Å². The Labute approximate surface area is 142 Å². The molecule has 24 heavy (non-hydrogen) atoms. The molecular weight excluding hydrogens is 302 g/mol. The molecule has 2 aromatic rings. The van der Waals surface area contributed by atoms with E-state index >= 15 is 0 Å². The Bertz CT molecular complexity index is 749. The summed E-state index contributed by atoms with van der Waals surface area (Å²) >= 11 is 0. The quantitative estimate of drug-likeness (QED) is 0.828. The maximum atomic E-state index is 12.8. The second-order valence-corrected chi connectivity index (χ2v) is 7.55. The topological polar surface area (TPSA) is 65.2 Å². The first kappa shape index (κ1) is 16.6. The molecule has 5 heteroatoms. The number of likely N-dealkylation sites (tertiary alicyclic amines) is 1. The number of ketones is 1. The first-order valence-electron chi connectivity index (χ1n) is 8.52. The molecule has 1 aliphatic rings. The van der Waals surface area contributed by atoms with E-state index in [1.54, 1.807) is 0 Å². The number of nitrogens with zero attached hydrogens (tertiary/aromatic N) is 1. The van der Waals surface area contributed by atoms with Crippen molar-refractivity contribution in [3.63, 3.8) is 0 Å². The second kappa shape index (κ2) is 6.30. The summed E-state index contributed by atoms with van der Waals surface area (Å²) in [5, 5.41) is 3.96. The number of rotatable bonds is 2. The molecule has 128 valence electrons. The van der Waals surface area contributed by atoms with Crippen LogP contribution in [0.2, 0.25) is 0 Å². The third-order valence-electron chi connectivity index (χ3n) is 4.49. The molecule has 0 aliphatic carbocycles. The van der Waals surface area contributed by atoms with E-state index in [0.717, 1.165) is 29.3 Å². The van der Waals surface area contributed by atoms with Gasteiger partial charge in [-0.2, -0.15) is 0 Å². The lowest BCUT2D eigenvalue weighted by molar-refractivity contribution is 0.0853. The summed E-state index contributed by atoms with van der Waals surface area (Å²) in [6.07, 6.45) is 3.25. The highest BCUT2D eigenvalue weighted by Crippen LogP contribution is 2.26. The van der Waals surface area contributed by atoms with Gasteiger partial charge in [0.1, 0.15) is 0 Å². The molecular formula is C19H25N3O2. The lowest BCUT2D eigenvalue weighted by atomic mass is 9.89. The van der Waals surface area contributed by atoms with Gasteiger partial charge in [-0.15, -0.1) is 0 Å². The third kappa shape index (κ3) is 3.45. The number of aromatic nitrogens is 1. The van der Waals surface area contributed by atoms with Crippen LogP contribution in [0, 0.1) is 5.92 Å². The van der Waals surface area contributed by atoms with Crippen LogP contribution in [0.5, 0.6) is 0 Å². The summed E-state index contributed by atoms with van der Waals surface area (Å²) < 4.78 is 0. The average Bonchev–Trinajstić information content (AvgIpc) is 2.97. The van der Waals surface area contributed by atoms with Gasteiger partial charge in [-0.25, -0.2) is 4.79 Å². The Morgan fingerprint density at radius 2 is 1.83 bits per heavy atom. The Balaban J connectivity index is 1.64. The van der Waals surface area contributed by atoms with Crippen LogP contribution in [-0.2, 0) is 0 Å². The maximum absolute atomic E-state index is 12.8. The molecule has 0 saturated carbocycles. The van der Waals surface area contributed by atoms with E-state index in [2.05, 4.69) is 10.3 Å². The molecule has 0 radical (unpaired) electrons. The zero-order valence-corrected chi connectivity index (χ0v) is 14.6. The summed E-state index contributed by atoms with van der Waals surface area (Å²) in [5.41, 5.74) is 1.51. The fourth-order valence-electron chi connectivity index (χ4n) is 3.24. The number of hydrogen-bond donors (Lipinski definition) is 2. The number of fused-ring (bicyclic) bond motifs is 1. The van der Waals surface area contributed by atoms with Gasteiger partial charge in [0, 0.05) is 47.2 Å². The number of carbonyl (C=O) groups is 2. The number of aromatic amines is 1. The lowest BCUT2D eigenvalue weighted by Gasteiger charge is -2.33. The minimum absolute atomic E-state index is 0.0112. The first-order valence-corrected chi connectivity index (χ1v) is 8.52. The SMILES string of the molecule is CC(C)(C)NC(=O)N1CCC(C(=O)c2c[nH]c3ccccc23)CC1. The third-order valence-corrected chi connectivity index (χ3v) is 4.49. The van der Waals surface area contributed by atoms with Gasteiger partial charge in [-0.05, 0) is 39.7 Å². The zero-order chi connectivity index (χ0) is 17.3. The number of Topliss-reactive ketones (excluding diaryl/α,β-unsaturated/α-hetero) is 1. The number of amides is 2. The molecule has 0 bridgehead atoms. The molecule has 0 unspecified atom stereocenters. The van der Waals surface area contributed by atoms with E-state index < -0.39 is 0 Å². The smallest absolute Gasteiger partial charge is 0.317 e. The van der Waals surface area contributed by atoms with E-state index in [-0.39, 0.29) is 23.3 Å². The number of urea groups is 1. The van der Waals surface area contributed by atoms with Gasteiger partial charge in [-0.1, -0.05) is 18.2 Å². The molecule has 1 aliphatic heterocycles. The van der Waals surface area contributed by atoms with Gasteiger partial charge < -0.3 is 15.2 Å². The number of para-hydroxylation sites is 1. The molecule has 5 nitrogen and oxygen atoms in total. The van der Waals surface area contributed by atoms with Crippen molar-refractivity contribution >= 4 is 22.7 Å². The van der Waals surface area contributed by atoms with Crippen molar-refractivity contribution in [3.05, 3.63) is 36.0 Å². The number of hydrogen-bond acceptors (Lipinski definition) is 2. The summed E-state index contributed by atoms with van der Waals surface area (Å²) in [5.74, 6) is 0.172. The highest BCUT2D eigenvalue weighted by atomic mass is 16.2. The Kier molecular flexibility index (Phi) is 4.35. The first-order chi connectivity index (χ1) is 11.3. The zero-order valence-electron chi connectivity index (χ0n) is 14.6. The molecule has 1 aromatic heterocycles. The van der Waals surface area contributed by atoms with Gasteiger partial charge in [0.25, 0.3) is 0 Å². The normalized spacial score (nSPS) is 16.4. The summed E-state index contributed by atoms with van der Waals surface area (Å²) in [6.45, 7) is 7.16. The fraction of sp³-hybridized carbons (Fsp3) is 0.474. The van der Waals surface area contributed by atoms with Gasteiger partial charge in [0.2, 0.25) is 0 Å². The van der Waals surface area contributed by atoms with E-state index in [1.165, 1.54) is 0 Å². The van der Waals surface area contributed by atoms with Crippen LogP contribution in [0.25, 0.3) is 10.9 Å².